The summed E-state index contributed by atoms with van der Waals surface area (Å²) in [6, 6.07) is 22.8. The second kappa shape index (κ2) is 15.0. The van der Waals surface area contributed by atoms with E-state index >= 15 is 0 Å². The van der Waals surface area contributed by atoms with E-state index in [4.69, 9.17) is 24.7 Å². The van der Waals surface area contributed by atoms with Crippen molar-refractivity contribution in [1.29, 1.82) is 0 Å². The number of hydrogen-bond acceptors (Lipinski definition) is 7. The van der Waals surface area contributed by atoms with E-state index in [2.05, 4.69) is 52.7 Å². The summed E-state index contributed by atoms with van der Waals surface area (Å²) in [5.74, 6) is 1.73. The Bertz CT molecular complexity index is 1300. The Hall–Kier alpha value is -3.59. The number of nitrogens with zero attached hydrogens (tertiary/aromatic N) is 1. The van der Waals surface area contributed by atoms with Gasteiger partial charge in [0, 0.05) is 36.7 Å². The minimum absolute atomic E-state index is 0.0728. The number of hydrogen-bond donors (Lipinski definition) is 2. The van der Waals surface area contributed by atoms with Crippen molar-refractivity contribution in [2.24, 2.45) is 5.73 Å². The van der Waals surface area contributed by atoms with Crippen molar-refractivity contribution in [1.82, 2.24) is 5.32 Å². The molecule has 3 aromatic carbocycles. The molecular weight excluding hydrogens is 530 g/mol. The van der Waals surface area contributed by atoms with Gasteiger partial charge in [-0.2, -0.15) is 0 Å². The first-order chi connectivity index (χ1) is 20.6. The smallest absolute Gasteiger partial charge is 0.236 e. The Morgan fingerprint density at radius 3 is 2.74 bits per heavy atom. The van der Waals surface area contributed by atoms with Crippen molar-refractivity contribution in [3.63, 3.8) is 0 Å². The summed E-state index contributed by atoms with van der Waals surface area (Å²) in [6.07, 6.45) is 3.96. The summed E-state index contributed by atoms with van der Waals surface area (Å²) in [5, 5.41) is 3.49. The molecule has 224 valence electrons. The molecule has 2 aliphatic heterocycles. The highest BCUT2D eigenvalue weighted by Gasteiger charge is 2.27. The van der Waals surface area contributed by atoms with E-state index in [1.54, 1.807) is 7.11 Å². The van der Waals surface area contributed by atoms with Crippen molar-refractivity contribution in [3.05, 3.63) is 89.0 Å². The molecule has 0 saturated carbocycles. The number of amides is 1. The fourth-order valence-electron chi connectivity index (χ4n) is 5.89. The van der Waals surface area contributed by atoms with Crippen LogP contribution in [0.15, 0.2) is 66.7 Å². The lowest BCUT2D eigenvalue weighted by molar-refractivity contribution is -0.116. The predicted molar refractivity (Wildman–Crippen MR) is 164 cm³/mol. The Labute approximate surface area is 249 Å². The van der Waals surface area contributed by atoms with Crippen molar-refractivity contribution < 1.29 is 23.7 Å². The second-order valence-electron chi connectivity index (χ2n) is 11.0. The zero-order valence-electron chi connectivity index (χ0n) is 24.6. The standard InChI is InChI=1S/C34H43N3O5/c1-39-32-8-3-2-6-28(32)24-40-18-5-19-41-29-13-11-26(12-14-29)30-15-16-36-21-33(30)42-23-25-9-10-27-7-4-17-37(22-34(35)38)31(27)20-25/h2-3,6,8-14,20,30,33,36H,4-5,7,15-19,21-24H2,1H3,(H2,35,38)/t30-,33+/m1/s1. The number of nitrogens with two attached hydrogens (primary N) is 1. The minimum Gasteiger partial charge on any atom is -0.496 e. The predicted octanol–water partition coefficient (Wildman–Crippen LogP) is 4.58. The maximum Gasteiger partial charge on any atom is 0.236 e. The van der Waals surface area contributed by atoms with Crippen LogP contribution in [0.1, 0.15) is 47.4 Å². The number of rotatable bonds is 14. The van der Waals surface area contributed by atoms with Gasteiger partial charge in [-0.15, -0.1) is 0 Å². The van der Waals surface area contributed by atoms with E-state index in [-0.39, 0.29) is 18.6 Å². The maximum atomic E-state index is 11.6. The zero-order chi connectivity index (χ0) is 29.1. The Morgan fingerprint density at radius 2 is 1.90 bits per heavy atom. The van der Waals surface area contributed by atoms with Crippen LogP contribution in [0.2, 0.25) is 0 Å². The van der Waals surface area contributed by atoms with Gasteiger partial charge in [-0.25, -0.2) is 0 Å². The highest BCUT2D eigenvalue weighted by molar-refractivity contribution is 5.80. The molecule has 0 aliphatic carbocycles. The molecule has 0 radical (unpaired) electrons. The lowest BCUT2D eigenvalue weighted by Gasteiger charge is -2.33. The SMILES string of the molecule is COc1ccccc1COCCCOc1ccc([C@H]2CCNC[C@@H]2OCc2ccc3c(c2)N(CC(N)=O)CCC3)cc1. The number of methoxy groups -OCH3 is 1. The molecule has 2 heterocycles. The molecule has 2 atom stereocenters. The maximum absolute atomic E-state index is 11.6. The van der Waals surface area contributed by atoms with Crippen LogP contribution in [-0.4, -0.2) is 58.5 Å². The fourth-order valence-corrected chi connectivity index (χ4v) is 5.89. The Kier molecular flexibility index (Phi) is 10.7. The van der Waals surface area contributed by atoms with E-state index in [1.165, 1.54) is 11.1 Å². The molecule has 1 fully saturated rings. The van der Waals surface area contributed by atoms with Crippen molar-refractivity contribution in [3.8, 4) is 11.5 Å². The molecule has 8 heteroatoms. The number of benzene rings is 3. The molecule has 8 nitrogen and oxygen atoms in total. The van der Waals surface area contributed by atoms with E-state index < -0.39 is 0 Å². The lowest BCUT2D eigenvalue weighted by Crippen LogP contribution is -2.41. The summed E-state index contributed by atoms with van der Waals surface area (Å²) in [6.45, 7) is 5.17. The number of anilines is 1. The molecular formula is C34H43N3O5. The van der Waals surface area contributed by atoms with Gasteiger partial charge in [-0.1, -0.05) is 42.5 Å². The normalized spacial score (nSPS) is 18.4. The summed E-state index contributed by atoms with van der Waals surface area (Å²) in [5.41, 5.74) is 11.3. The highest BCUT2D eigenvalue weighted by atomic mass is 16.5. The third-order valence-electron chi connectivity index (χ3n) is 8.06. The molecule has 0 spiro atoms. The number of aryl methyl sites for hydroxylation is 1. The molecule has 0 bridgehead atoms. The number of carbonyl (C=O) groups is 1. The summed E-state index contributed by atoms with van der Waals surface area (Å²) in [4.78, 5) is 13.7. The quantitative estimate of drug-likeness (QED) is 0.273. The highest BCUT2D eigenvalue weighted by Crippen LogP contribution is 2.32. The van der Waals surface area contributed by atoms with E-state index in [1.807, 2.05) is 24.3 Å². The molecule has 2 aliphatic rings. The molecule has 0 aromatic heterocycles. The van der Waals surface area contributed by atoms with Crippen molar-refractivity contribution in [2.45, 2.75) is 50.9 Å². The first kappa shape index (κ1) is 29.9. The largest absolute Gasteiger partial charge is 0.496 e. The summed E-state index contributed by atoms with van der Waals surface area (Å²) >= 11 is 0. The number of carbonyl (C=O) groups excluding carboxylic acids is 1. The van der Waals surface area contributed by atoms with Crippen LogP contribution >= 0.6 is 0 Å². The van der Waals surface area contributed by atoms with E-state index in [0.29, 0.717) is 32.3 Å². The van der Waals surface area contributed by atoms with Gasteiger partial charge in [0.2, 0.25) is 5.91 Å². The van der Waals surface area contributed by atoms with Crippen LogP contribution in [-0.2, 0) is 33.9 Å². The van der Waals surface area contributed by atoms with Crippen LogP contribution in [0.4, 0.5) is 5.69 Å². The fraction of sp³-hybridized carbons (Fsp3) is 0.441. The van der Waals surface area contributed by atoms with Crippen LogP contribution in [0.5, 0.6) is 11.5 Å². The molecule has 1 saturated heterocycles. The molecule has 3 aromatic rings. The van der Waals surface area contributed by atoms with Crippen LogP contribution in [0.25, 0.3) is 0 Å². The van der Waals surface area contributed by atoms with Gasteiger partial charge in [0.15, 0.2) is 0 Å². The number of primary amides is 1. The molecule has 1 amide bonds. The number of para-hydroxylation sites is 1. The molecule has 42 heavy (non-hydrogen) atoms. The van der Waals surface area contributed by atoms with Gasteiger partial charge in [-0.05, 0) is 66.8 Å². The van der Waals surface area contributed by atoms with E-state index in [0.717, 1.165) is 73.6 Å². The summed E-state index contributed by atoms with van der Waals surface area (Å²) in [7, 11) is 1.68. The topological polar surface area (TPSA) is 95.3 Å². The number of nitrogens with one attached hydrogen (secondary N) is 1. The third kappa shape index (κ3) is 8.03. The second-order valence-corrected chi connectivity index (χ2v) is 11.0. The number of ether oxygens (including phenoxy) is 4. The average Bonchev–Trinajstić information content (AvgIpc) is 3.02. The van der Waals surface area contributed by atoms with Gasteiger partial charge >= 0.3 is 0 Å². The van der Waals surface area contributed by atoms with Gasteiger partial charge in [0.25, 0.3) is 0 Å². The molecule has 3 N–H and O–H groups in total. The third-order valence-corrected chi connectivity index (χ3v) is 8.06. The molecule has 5 rings (SSSR count). The molecule has 0 unspecified atom stereocenters. The van der Waals surface area contributed by atoms with Crippen LogP contribution in [0, 0.1) is 0 Å². The minimum atomic E-state index is -0.300. The average molecular weight is 574 g/mol. The van der Waals surface area contributed by atoms with Gasteiger partial charge < -0.3 is 34.9 Å². The monoisotopic (exact) mass is 573 g/mol. The number of piperidine rings is 1. The van der Waals surface area contributed by atoms with Crippen LogP contribution in [0.3, 0.4) is 0 Å². The zero-order valence-corrected chi connectivity index (χ0v) is 24.6. The first-order valence-corrected chi connectivity index (χ1v) is 15.0. The summed E-state index contributed by atoms with van der Waals surface area (Å²) < 4.78 is 23.7. The Balaban J connectivity index is 1.09. The van der Waals surface area contributed by atoms with Crippen LogP contribution < -0.4 is 25.4 Å². The van der Waals surface area contributed by atoms with Crippen molar-refractivity contribution in [2.75, 3.05) is 51.4 Å². The number of fused-ring (bicyclic) bond motifs is 1. The van der Waals surface area contributed by atoms with Gasteiger partial charge in [0.05, 0.1) is 46.2 Å². The van der Waals surface area contributed by atoms with Gasteiger partial charge in [0.1, 0.15) is 11.5 Å². The van der Waals surface area contributed by atoms with Gasteiger partial charge in [-0.3, -0.25) is 4.79 Å². The Morgan fingerprint density at radius 1 is 1.05 bits per heavy atom. The van der Waals surface area contributed by atoms with E-state index in [9.17, 15) is 4.79 Å². The lowest BCUT2D eigenvalue weighted by atomic mass is 9.87. The van der Waals surface area contributed by atoms with Crippen molar-refractivity contribution >= 4 is 11.6 Å². The first-order valence-electron chi connectivity index (χ1n) is 15.0.